The summed E-state index contributed by atoms with van der Waals surface area (Å²) < 4.78 is 5.53. The number of aromatic nitrogens is 1. The summed E-state index contributed by atoms with van der Waals surface area (Å²) in [5.74, 6) is -0.267. The van der Waals surface area contributed by atoms with E-state index in [9.17, 15) is 4.79 Å². The third kappa shape index (κ3) is 2.90. The van der Waals surface area contributed by atoms with Crippen molar-refractivity contribution in [3.8, 4) is 0 Å². The first-order chi connectivity index (χ1) is 11.8. The summed E-state index contributed by atoms with van der Waals surface area (Å²) in [6, 6.07) is 15.8. The molecule has 0 saturated carbocycles. The molecule has 3 aromatic rings. The van der Waals surface area contributed by atoms with E-state index in [0.29, 0.717) is 5.56 Å². The van der Waals surface area contributed by atoms with Gasteiger partial charge in [-0.25, -0.2) is 4.79 Å². The van der Waals surface area contributed by atoms with Crippen molar-refractivity contribution in [2.45, 2.75) is 32.3 Å². The first-order valence-electron chi connectivity index (χ1n) is 8.43. The minimum Gasteiger partial charge on any atom is -0.457 e. The summed E-state index contributed by atoms with van der Waals surface area (Å²) in [4.78, 5) is 16.8. The number of fused-ring (bicyclic) bond motifs is 2. The summed E-state index contributed by atoms with van der Waals surface area (Å²) >= 11 is 0. The smallest absolute Gasteiger partial charge is 0.338 e. The third-order valence-corrected chi connectivity index (χ3v) is 4.66. The highest BCUT2D eigenvalue weighted by Gasteiger charge is 2.14. The second-order valence-electron chi connectivity index (χ2n) is 6.26. The number of rotatable bonds is 3. The lowest BCUT2D eigenvalue weighted by molar-refractivity contribution is 0.0474. The predicted octanol–water partition coefficient (Wildman–Crippen LogP) is 4.47. The van der Waals surface area contributed by atoms with Crippen LogP contribution in [0.1, 0.15) is 39.9 Å². The average Bonchev–Trinajstić information content (AvgIpc) is 2.65. The Morgan fingerprint density at radius 3 is 2.75 bits per heavy atom. The van der Waals surface area contributed by atoms with Gasteiger partial charge in [-0.3, -0.25) is 4.98 Å². The minimum absolute atomic E-state index is 0.240. The lowest BCUT2D eigenvalue weighted by atomic mass is 9.90. The van der Waals surface area contributed by atoms with Crippen LogP contribution in [0.2, 0.25) is 0 Å². The average molecular weight is 317 g/mol. The van der Waals surface area contributed by atoms with Crippen LogP contribution in [-0.2, 0) is 24.2 Å². The number of hydrogen-bond donors (Lipinski definition) is 0. The maximum Gasteiger partial charge on any atom is 0.338 e. The Balaban J connectivity index is 1.52. The molecule has 0 radical (unpaired) electrons. The van der Waals surface area contributed by atoms with E-state index < -0.39 is 0 Å². The van der Waals surface area contributed by atoms with Crippen molar-refractivity contribution in [3.05, 3.63) is 77.0 Å². The Morgan fingerprint density at radius 1 is 1.00 bits per heavy atom. The molecule has 0 spiro atoms. The molecule has 0 fully saturated rings. The van der Waals surface area contributed by atoms with Gasteiger partial charge in [-0.2, -0.15) is 0 Å². The van der Waals surface area contributed by atoms with Crippen molar-refractivity contribution in [1.82, 2.24) is 4.98 Å². The van der Waals surface area contributed by atoms with Crippen LogP contribution in [0, 0.1) is 0 Å². The first kappa shape index (κ1) is 14.9. The van der Waals surface area contributed by atoms with Crippen molar-refractivity contribution in [3.63, 3.8) is 0 Å². The number of hydrogen-bond acceptors (Lipinski definition) is 3. The van der Waals surface area contributed by atoms with E-state index >= 15 is 0 Å². The van der Waals surface area contributed by atoms with Crippen LogP contribution in [0.4, 0.5) is 0 Å². The molecule has 120 valence electrons. The number of carbonyl (C=O) groups is 1. The fraction of sp³-hybridized carbons (Fsp3) is 0.238. The van der Waals surface area contributed by atoms with Crippen LogP contribution < -0.4 is 0 Å². The molecule has 1 aliphatic carbocycles. The SMILES string of the molecule is O=C(OCc1cccc2cccnc12)c1ccc2c(c1)CCCC2. The number of benzene rings is 2. The molecule has 0 atom stereocenters. The molecule has 2 aromatic carbocycles. The maximum atomic E-state index is 12.4. The second-order valence-corrected chi connectivity index (χ2v) is 6.26. The lowest BCUT2D eigenvalue weighted by Gasteiger charge is -2.16. The number of pyridine rings is 1. The van der Waals surface area contributed by atoms with Crippen molar-refractivity contribution in [1.29, 1.82) is 0 Å². The summed E-state index contributed by atoms with van der Waals surface area (Å²) in [5, 5.41) is 1.06. The van der Waals surface area contributed by atoms with Gasteiger partial charge in [0.25, 0.3) is 0 Å². The highest BCUT2D eigenvalue weighted by molar-refractivity contribution is 5.90. The summed E-state index contributed by atoms with van der Waals surface area (Å²) in [6.07, 6.45) is 6.38. The van der Waals surface area contributed by atoms with Crippen LogP contribution in [0.25, 0.3) is 10.9 Å². The van der Waals surface area contributed by atoms with Gasteiger partial charge in [0, 0.05) is 17.1 Å². The topological polar surface area (TPSA) is 39.2 Å². The summed E-state index contributed by atoms with van der Waals surface area (Å²) in [6.45, 7) is 0.240. The summed E-state index contributed by atoms with van der Waals surface area (Å²) in [5.41, 5.74) is 5.13. The summed E-state index contributed by atoms with van der Waals surface area (Å²) in [7, 11) is 0. The van der Waals surface area contributed by atoms with Gasteiger partial charge in [0.05, 0.1) is 11.1 Å². The number of ether oxygens (including phenoxy) is 1. The molecule has 3 nitrogen and oxygen atoms in total. The van der Waals surface area contributed by atoms with Crippen LogP contribution in [0.15, 0.2) is 54.7 Å². The molecule has 0 amide bonds. The van der Waals surface area contributed by atoms with Gasteiger partial charge in [0.15, 0.2) is 0 Å². The lowest BCUT2D eigenvalue weighted by Crippen LogP contribution is -2.09. The normalized spacial score (nSPS) is 13.5. The van der Waals surface area contributed by atoms with Crippen molar-refractivity contribution < 1.29 is 9.53 Å². The molecule has 1 aliphatic rings. The Kier molecular flexibility index (Phi) is 3.99. The van der Waals surface area contributed by atoms with Crippen molar-refractivity contribution >= 4 is 16.9 Å². The van der Waals surface area contributed by atoms with Crippen LogP contribution in [0.3, 0.4) is 0 Å². The Bertz CT molecular complexity index is 896. The van der Waals surface area contributed by atoms with Crippen molar-refractivity contribution in [2.75, 3.05) is 0 Å². The van der Waals surface area contributed by atoms with Gasteiger partial charge in [0.2, 0.25) is 0 Å². The van der Waals surface area contributed by atoms with Gasteiger partial charge < -0.3 is 4.74 Å². The highest BCUT2D eigenvalue weighted by atomic mass is 16.5. The largest absolute Gasteiger partial charge is 0.457 e. The van der Waals surface area contributed by atoms with E-state index in [1.54, 1.807) is 6.20 Å². The van der Waals surface area contributed by atoms with E-state index in [1.807, 2.05) is 42.5 Å². The molecule has 0 bridgehead atoms. The number of para-hydroxylation sites is 1. The van der Waals surface area contributed by atoms with E-state index in [4.69, 9.17) is 4.74 Å². The van der Waals surface area contributed by atoms with Crippen LogP contribution in [0.5, 0.6) is 0 Å². The zero-order chi connectivity index (χ0) is 16.4. The molecule has 24 heavy (non-hydrogen) atoms. The standard InChI is InChI=1S/C21H19NO2/c23-21(18-11-10-15-5-1-2-6-17(15)13-18)24-14-19-8-3-7-16-9-4-12-22-20(16)19/h3-4,7-13H,1-2,5-6,14H2. The second kappa shape index (κ2) is 6.44. The van der Waals surface area contributed by atoms with Gasteiger partial charge in [0.1, 0.15) is 6.61 Å². The van der Waals surface area contributed by atoms with Crippen LogP contribution in [-0.4, -0.2) is 11.0 Å². The molecule has 0 unspecified atom stereocenters. The molecule has 1 aromatic heterocycles. The molecule has 0 saturated heterocycles. The number of carbonyl (C=O) groups excluding carboxylic acids is 1. The quantitative estimate of drug-likeness (QED) is 0.669. The fourth-order valence-corrected chi connectivity index (χ4v) is 3.37. The van der Waals surface area contributed by atoms with E-state index in [2.05, 4.69) is 11.1 Å². The predicted molar refractivity (Wildman–Crippen MR) is 93.9 cm³/mol. The Labute approximate surface area is 141 Å². The zero-order valence-corrected chi connectivity index (χ0v) is 13.5. The zero-order valence-electron chi connectivity index (χ0n) is 13.5. The molecule has 0 N–H and O–H groups in total. The molecular formula is C21H19NO2. The van der Waals surface area contributed by atoms with Crippen LogP contribution >= 0.6 is 0 Å². The minimum atomic E-state index is -0.267. The first-order valence-corrected chi connectivity index (χ1v) is 8.43. The Morgan fingerprint density at radius 2 is 1.83 bits per heavy atom. The van der Waals surface area contributed by atoms with E-state index in [0.717, 1.165) is 29.3 Å². The van der Waals surface area contributed by atoms with Gasteiger partial charge >= 0.3 is 5.97 Å². The molecule has 1 heterocycles. The third-order valence-electron chi connectivity index (χ3n) is 4.66. The van der Waals surface area contributed by atoms with Gasteiger partial charge in [-0.1, -0.05) is 30.3 Å². The molecule has 3 heteroatoms. The maximum absolute atomic E-state index is 12.4. The van der Waals surface area contributed by atoms with E-state index in [1.165, 1.54) is 24.0 Å². The number of nitrogens with zero attached hydrogens (tertiary/aromatic N) is 1. The van der Waals surface area contributed by atoms with Gasteiger partial charge in [-0.05, 0) is 55.0 Å². The molecular weight excluding hydrogens is 298 g/mol. The number of esters is 1. The molecule has 4 rings (SSSR count). The van der Waals surface area contributed by atoms with Gasteiger partial charge in [-0.15, -0.1) is 0 Å². The highest BCUT2D eigenvalue weighted by Crippen LogP contribution is 2.23. The fourth-order valence-electron chi connectivity index (χ4n) is 3.37. The molecule has 0 aliphatic heterocycles. The monoisotopic (exact) mass is 317 g/mol. The van der Waals surface area contributed by atoms with E-state index in [-0.39, 0.29) is 12.6 Å². The number of aryl methyl sites for hydroxylation is 2. The Hall–Kier alpha value is -2.68. The van der Waals surface area contributed by atoms with Crippen molar-refractivity contribution in [2.24, 2.45) is 0 Å².